The Bertz CT molecular complexity index is 682. The van der Waals surface area contributed by atoms with Crippen LogP contribution < -0.4 is 4.72 Å². The van der Waals surface area contributed by atoms with Gasteiger partial charge in [-0.3, -0.25) is 4.79 Å². The maximum atomic E-state index is 12.0. The summed E-state index contributed by atoms with van der Waals surface area (Å²) in [4.78, 5) is 11.9. The predicted octanol–water partition coefficient (Wildman–Crippen LogP) is 1.73. The summed E-state index contributed by atoms with van der Waals surface area (Å²) in [6, 6.07) is 14.5. The minimum Gasteiger partial charge on any atom is -0.268 e. The van der Waals surface area contributed by atoms with Crippen molar-refractivity contribution in [1.82, 2.24) is 4.72 Å². The topological polar surface area (TPSA) is 63.2 Å². The predicted molar refractivity (Wildman–Crippen MR) is 78.0 cm³/mol. The van der Waals surface area contributed by atoms with E-state index in [0.29, 0.717) is 5.56 Å². The van der Waals surface area contributed by atoms with Gasteiger partial charge in [-0.15, -0.1) is 0 Å². The maximum Gasteiger partial charge on any atom is 0.264 e. The third-order valence-electron chi connectivity index (χ3n) is 2.59. The van der Waals surface area contributed by atoms with Crippen LogP contribution in [0.25, 0.3) is 0 Å². The Morgan fingerprint density at radius 2 is 1.50 bits per heavy atom. The summed E-state index contributed by atoms with van der Waals surface area (Å²) < 4.78 is 26.0. The molecule has 0 aliphatic carbocycles. The number of hydrogen-bond donors (Lipinski definition) is 1. The summed E-state index contributed by atoms with van der Waals surface area (Å²) in [6.07, 6.45) is 0. The first-order chi connectivity index (χ1) is 8.99. The molecule has 0 saturated heterocycles. The third kappa shape index (κ3) is 4.18. The Labute approximate surface area is 140 Å². The van der Waals surface area contributed by atoms with Crippen molar-refractivity contribution >= 4 is 45.5 Å². The van der Waals surface area contributed by atoms with Gasteiger partial charge in [0.1, 0.15) is 0 Å². The van der Waals surface area contributed by atoms with E-state index in [2.05, 4.69) is 0 Å². The normalized spacial score (nSPS) is 10.4. The largest absolute Gasteiger partial charge is 0.268 e. The Morgan fingerprint density at radius 1 is 0.950 bits per heavy atom. The Morgan fingerprint density at radius 3 is 2.05 bits per heavy atom. The molecular weight excluding hydrogens is 285 g/mol. The summed E-state index contributed by atoms with van der Waals surface area (Å²) in [7, 11) is -3.82. The zero-order chi connectivity index (χ0) is 13.9. The average molecular weight is 298 g/mol. The fourth-order valence-electron chi connectivity index (χ4n) is 1.55. The standard InChI is InChI=1S/C14H13NO3S.Na/c1-11-7-9-13(10-8-11)19(17,18)15-14(16)12-5-3-2-4-6-12;/h2-10H,1H3,(H,15,16);. The quantitative estimate of drug-likeness (QED) is 0.878. The smallest absolute Gasteiger partial charge is 0.264 e. The van der Waals surface area contributed by atoms with Crippen LogP contribution in [-0.2, 0) is 10.0 Å². The molecule has 2 aromatic carbocycles. The number of benzene rings is 2. The molecule has 99 valence electrons. The Kier molecular flexibility index (Phi) is 5.95. The number of hydrogen-bond acceptors (Lipinski definition) is 3. The number of nitrogens with one attached hydrogen (secondary N) is 1. The molecule has 0 aliphatic heterocycles. The van der Waals surface area contributed by atoms with Crippen LogP contribution in [0.2, 0.25) is 0 Å². The van der Waals surface area contributed by atoms with Gasteiger partial charge in [0, 0.05) is 35.1 Å². The molecule has 0 spiro atoms. The minimum atomic E-state index is -3.82. The van der Waals surface area contributed by atoms with Crippen molar-refractivity contribution in [3.63, 3.8) is 0 Å². The van der Waals surface area contributed by atoms with E-state index in [-0.39, 0.29) is 34.5 Å². The van der Waals surface area contributed by atoms with Gasteiger partial charge in [0.05, 0.1) is 4.90 Å². The Balaban J connectivity index is 0.00000200. The molecule has 4 nitrogen and oxygen atoms in total. The molecule has 0 heterocycles. The van der Waals surface area contributed by atoms with Crippen molar-refractivity contribution in [2.24, 2.45) is 0 Å². The molecule has 2 rings (SSSR count). The van der Waals surface area contributed by atoms with Crippen LogP contribution in [0.15, 0.2) is 59.5 Å². The number of sulfonamides is 1. The molecule has 1 N–H and O–H groups in total. The molecule has 0 fully saturated rings. The van der Waals surface area contributed by atoms with Gasteiger partial charge in [-0.25, -0.2) is 13.1 Å². The van der Waals surface area contributed by atoms with Crippen molar-refractivity contribution in [2.45, 2.75) is 11.8 Å². The van der Waals surface area contributed by atoms with Crippen molar-refractivity contribution in [2.75, 3.05) is 0 Å². The first-order valence-corrected chi connectivity index (χ1v) is 7.16. The van der Waals surface area contributed by atoms with Crippen molar-refractivity contribution < 1.29 is 13.2 Å². The van der Waals surface area contributed by atoms with Crippen LogP contribution in [0.4, 0.5) is 0 Å². The molecule has 0 aromatic heterocycles. The van der Waals surface area contributed by atoms with Gasteiger partial charge in [-0.2, -0.15) is 0 Å². The molecular formula is C14H13NNaO3S. The SMILES string of the molecule is Cc1ccc(S(=O)(=O)NC(=O)c2ccccc2)cc1.[Na]. The third-order valence-corrected chi connectivity index (χ3v) is 3.94. The molecule has 0 atom stereocenters. The van der Waals surface area contributed by atoms with Gasteiger partial charge in [0.2, 0.25) is 0 Å². The number of carbonyl (C=O) groups excluding carboxylic acids is 1. The van der Waals surface area contributed by atoms with E-state index in [1.807, 2.05) is 11.6 Å². The number of aryl methyl sites for hydroxylation is 1. The second kappa shape index (κ2) is 7.04. The molecule has 0 saturated carbocycles. The Hall–Kier alpha value is -1.14. The van der Waals surface area contributed by atoms with E-state index in [9.17, 15) is 13.2 Å². The molecule has 1 amide bonds. The number of rotatable bonds is 3. The van der Waals surface area contributed by atoms with E-state index in [1.165, 1.54) is 12.1 Å². The van der Waals surface area contributed by atoms with Gasteiger partial charge < -0.3 is 0 Å². The van der Waals surface area contributed by atoms with Crippen LogP contribution in [0.5, 0.6) is 0 Å². The second-order valence-corrected chi connectivity index (χ2v) is 5.80. The van der Waals surface area contributed by atoms with E-state index >= 15 is 0 Å². The van der Waals surface area contributed by atoms with Crippen LogP contribution in [0.1, 0.15) is 15.9 Å². The summed E-state index contributed by atoms with van der Waals surface area (Å²) in [6.45, 7) is 1.86. The van der Waals surface area contributed by atoms with Crippen LogP contribution in [0, 0.1) is 6.92 Å². The van der Waals surface area contributed by atoms with E-state index in [4.69, 9.17) is 0 Å². The minimum absolute atomic E-state index is 0. The van der Waals surface area contributed by atoms with Gasteiger partial charge >= 0.3 is 0 Å². The van der Waals surface area contributed by atoms with Gasteiger partial charge in [0.15, 0.2) is 0 Å². The first kappa shape index (κ1) is 16.9. The molecule has 0 unspecified atom stereocenters. The van der Waals surface area contributed by atoms with E-state index in [1.54, 1.807) is 42.5 Å². The maximum absolute atomic E-state index is 12.0. The summed E-state index contributed by atoms with van der Waals surface area (Å²) in [5.74, 6) is -0.638. The molecule has 2 aromatic rings. The zero-order valence-corrected chi connectivity index (χ0v) is 14.1. The molecule has 6 heteroatoms. The van der Waals surface area contributed by atoms with Crippen LogP contribution >= 0.6 is 0 Å². The molecule has 1 radical (unpaired) electrons. The fourth-order valence-corrected chi connectivity index (χ4v) is 2.52. The molecule has 20 heavy (non-hydrogen) atoms. The van der Waals surface area contributed by atoms with Crippen molar-refractivity contribution in [3.8, 4) is 0 Å². The summed E-state index contributed by atoms with van der Waals surface area (Å²) >= 11 is 0. The number of carbonyl (C=O) groups is 1. The van der Waals surface area contributed by atoms with E-state index in [0.717, 1.165) is 5.56 Å². The summed E-state index contributed by atoms with van der Waals surface area (Å²) in [5.41, 5.74) is 1.26. The molecule has 0 bridgehead atoms. The van der Waals surface area contributed by atoms with Crippen molar-refractivity contribution in [1.29, 1.82) is 0 Å². The van der Waals surface area contributed by atoms with E-state index < -0.39 is 15.9 Å². The van der Waals surface area contributed by atoms with Gasteiger partial charge in [-0.1, -0.05) is 35.9 Å². The van der Waals surface area contributed by atoms with Crippen molar-refractivity contribution in [3.05, 3.63) is 65.7 Å². The average Bonchev–Trinajstić information content (AvgIpc) is 2.40. The summed E-state index contributed by atoms with van der Waals surface area (Å²) in [5, 5.41) is 0. The molecule has 0 aliphatic rings. The second-order valence-electron chi connectivity index (χ2n) is 4.11. The fraction of sp³-hybridized carbons (Fsp3) is 0.0714. The van der Waals surface area contributed by atoms with Crippen LogP contribution in [0.3, 0.4) is 0 Å². The monoisotopic (exact) mass is 298 g/mol. The van der Waals surface area contributed by atoms with Gasteiger partial charge in [0.25, 0.3) is 15.9 Å². The number of amides is 1. The first-order valence-electron chi connectivity index (χ1n) is 5.68. The van der Waals surface area contributed by atoms with Gasteiger partial charge in [-0.05, 0) is 31.2 Å². The van der Waals surface area contributed by atoms with Crippen LogP contribution in [-0.4, -0.2) is 43.9 Å². The zero-order valence-electron chi connectivity index (χ0n) is 11.3.